The van der Waals surface area contributed by atoms with E-state index in [-0.39, 0.29) is 0 Å². The molecule has 0 aromatic heterocycles. The molecule has 0 radical (unpaired) electrons. The predicted molar refractivity (Wildman–Crippen MR) is 65.4 cm³/mol. The third kappa shape index (κ3) is 3.95. The molecule has 0 aliphatic rings. The molecule has 20 heteroatoms. The van der Waals surface area contributed by atoms with Crippen LogP contribution in [0.25, 0.3) is 0 Å². The number of alkyl halides is 20. The van der Waals surface area contributed by atoms with E-state index in [2.05, 4.69) is 0 Å². The highest BCUT2D eigenvalue weighted by atomic mass is 19.4. The first kappa shape index (κ1) is 31.6. The van der Waals surface area contributed by atoms with Gasteiger partial charge in [0, 0.05) is 0 Å². The van der Waals surface area contributed by atoms with Gasteiger partial charge in [-0.3, -0.25) is 0 Å². The van der Waals surface area contributed by atoms with Crippen molar-refractivity contribution in [1.29, 1.82) is 0 Å². The predicted octanol–water partition coefficient (Wildman–Crippen LogP) is 7.77. The van der Waals surface area contributed by atoms with Crippen LogP contribution in [0.4, 0.5) is 87.8 Å². The van der Waals surface area contributed by atoms with Crippen molar-refractivity contribution in [2.24, 2.45) is 0 Å². The molecule has 1 atom stereocenters. The third-order valence-corrected chi connectivity index (χ3v) is 4.08. The normalized spacial score (nSPS) is 17.4. The van der Waals surface area contributed by atoms with Crippen molar-refractivity contribution >= 4 is 0 Å². The van der Waals surface area contributed by atoms with Crippen LogP contribution in [0.15, 0.2) is 0 Å². The fourth-order valence-corrected chi connectivity index (χ4v) is 2.00. The fourth-order valence-electron chi connectivity index (χ4n) is 2.00. The molecule has 0 spiro atoms. The Balaban J connectivity index is 6.89. The molecule has 0 amide bonds. The van der Waals surface area contributed by atoms with Gasteiger partial charge in [0.15, 0.2) is 6.17 Å². The Morgan fingerprint density at radius 2 is 0.667 bits per heavy atom. The molecule has 0 fully saturated rings. The molecule has 0 aromatic carbocycles. The highest BCUT2D eigenvalue weighted by Gasteiger charge is 2.96. The van der Waals surface area contributed by atoms with Crippen molar-refractivity contribution in [1.82, 2.24) is 0 Å². The zero-order valence-electron chi connectivity index (χ0n) is 15.1. The average Bonchev–Trinajstić information content (AvgIpc) is 2.59. The van der Waals surface area contributed by atoms with E-state index in [9.17, 15) is 87.8 Å². The van der Waals surface area contributed by atoms with Gasteiger partial charge in [0.05, 0.1) is 0 Å². The van der Waals surface area contributed by atoms with Crippen LogP contribution in [-0.2, 0) is 0 Å². The molecule has 0 aliphatic carbocycles. The van der Waals surface area contributed by atoms with Crippen molar-refractivity contribution in [2.45, 2.75) is 79.5 Å². The van der Waals surface area contributed by atoms with Crippen LogP contribution >= 0.6 is 0 Å². The van der Waals surface area contributed by atoms with Gasteiger partial charge in [-0.15, -0.1) is 0 Å². The summed E-state index contributed by atoms with van der Waals surface area (Å²) in [7, 11) is 0. The first-order chi connectivity index (χ1) is 14.0. The Morgan fingerprint density at radius 3 is 0.909 bits per heavy atom. The first-order valence-electron chi connectivity index (χ1n) is 7.71. The van der Waals surface area contributed by atoms with Crippen molar-refractivity contribution < 1.29 is 87.8 Å². The SMILES string of the molecule is CCCC(F)C(F)(F)C(F)(F)C(F)(F)C(F)(F)C(F)(F)C(F)(F)C(F)(F)C(F)(F)C(F)(F)F. The zero-order valence-corrected chi connectivity index (χ0v) is 15.1. The second-order valence-electron chi connectivity index (χ2n) is 6.40. The molecule has 0 heterocycles. The Labute approximate surface area is 168 Å². The van der Waals surface area contributed by atoms with E-state index < -0.39 is 72.6 Å². The quantitative estimate of drug-likeness (QED) is 0.247. The molecule has 0 aliphatic heterocycles. The van der Waals surface area contributed by atoms with Gasteiger partial charge in [-0.2, -0.15) is 83.4 Å². The first-order valence-corrected chi connectivity index (χ1v) is 7.71. The fraction of sp³-hybridized carbons (Fsp3) is 1.00. The Hall–Kier alpha value is -1.40. The van der Waals surface area contributed by atoms with Crippen LogP contribution in [0.5, 0.6) is 0 Å². The minimum absolute atomic E-state index is 0.713. The molecule has 0 aromatic rings. The zero-order chi connectivity index (χ0) is 27.5. The van der Waals surface area contributed by atoms with Gasteiger partial charge in [0.2, 0.25) is 0 Å². The average molecular weight is 544 g/mol. The van der Waals surface area contributed by atoms with E-state index in [0.717, 1.165) is 0 Å². The standard InChI is InChI=1S/C13H8F20/c1-2-3-4(14)5(15,16)6(17,18)7(19,20)8(21,22)9(23,24)10(25,26)11(27,28)12(29,30)13(31,32)33/h4H,2-3H2,1H3. The maximum Gasteiger partial charge on any atom is 0.460 e. The van der Waals surface area contributed by atoms with Crippen LogP contribution in [0, 0.1) is 0 Å². The molecular formula is C13H8F20. The maximum absolute atomic E-state index is 13.4. The molecule has 0 nitrogen and oxygen atoms in total. The van der Waals surface area contributed by atoms with Crippen molar-refractivity contribution in [3.8, 4) is 0 Å². The topological polar surface area (TPSA) is 0 Å². The van der Waals surface area contributed by atoms with E-state index in [1.54, 1.807) is 0 Å². The smallest absolute Gasteiger partial charge is 0.241 e. The van der Waals surface area contributed by atoms with Crippen molar-refractivity contribution in [3.05, 3.63) is 0 Å². The van der Waals surface area contributed by atoms with Gasteiger partial charge >= 0.3 is 53.6 Å². The van der Waals surface area contributed by atoms with E-state index in [1.807, 2.05) is 0 Å². The lowest BCUT2D eigenvalue weighted by atomic mass is 9.86. The van der Waals surface area contributed by atoms with E-state index >= 15 is 0 Å². The lowest BCUT2D eigenvalue weighted by molar-refractivity contribution is -0.470. The second kappa shape index (κ2) is 8.08. The van der Waals surface area contributed by atoms with Crippen LogP contribution < -0.4 is 0 Å². The van der Waals surface area contributed by atoms with Gasteiger partial charge in [-0.25, -0.2) is 4.39 Å². The van der Waals surface area contributed by atoms with Crippen LogP contribution in [-0.4, -0.2) is 59.7 Å². The molecule has 33 heavy (non-hydrogen) atoms. The highest BCUT2D eigenvalue weighted by molar-refractivity contribution is 5.17. The third-order valence-electron chi connectivity index (χ3n) is 4.08. The van der Waals surface area contributed by atoms with Gasteiger partial charge in [-0.1, -0.05) is 13.3 Å². The second-order valence-corrected chi connectivity index (χ2v) is 6.40. The summed E-state index contributed by atoms with van der Waals surface area (Å²) in [6.07, 6.45) is -15.2. The summed E-state index contributed by atoms with van der Waals surface area (Å²) in [5, 5.41) is 0. The van der Waals surface area contributed by atoms with Crippen molar-refractivity contribution in [3.63, 3.8) is 0 Å². The summed E-state index contributed by atoms with van der Waals surface area (Å²) in [6, 6.07) is 0. The monoisotopic (exact) mass is 544 g/mol. The Bertz CT molecular complexity index is 685. The minimum Gasteiger partial charge on any atom is -0.241 e. The van der Waals surface area contributed by atoms with Crippen LogP contribution in [0.2, 0.25) is 0 Å². The highest BCUT2D eigenvalue weighted by Crippen LogP contribution is 2.65. The summed E-state index contributed by atoms with van der Waals surface area (Å²) >= 11 is 0. The largest absolute Gasteiger partial charge is 0.460 e. The maximum atomic E-state index is 13.4. The molecule has 0 saturated heterocycles. The molecule has 0 bridgehead atoms. The number of rotatable bonds is 10. The van der Waals surface area contributed by atoms with Gasteiger partial charge in [0.1, 0.15) is 0 Å². The molecule has 0 rings (SSSR count). The van der Waals surface area contributed by atoms with Gasteiger partial charge in [-0.05, 0) is 6.42 Å². The number of hydrogen-bond acceptors (Lipinski definition) is 0. The molecule has 0 N–H and O–H groups in total. The van der Waals surface area contributed by atoms with E-state index in [1.165, 1.54) is 0 Å². The lowest BCUT2D eigenvalue weighted by Crippen LogP contribution is -2.76. The van der Waals surface area contributed by atoms with E-state index in [4.69, 9.17) is 0 Å². The summed E-state index contributed by atoms with van der Waals surface area (Å²) in [5.74, 6) is -67.7. The molecule has 1 unspecified atom stereocenters. The summed E-state index contributed by atoms with van der Waals surface area (Å²) in [5.41, 5.74) is 0. The van der Waals surface area contributed by atoms with Crippen molar-refractivity contribution in [2.75, 3.05) is 0 Å². The Morgan fingerprint density at radius 1 is 0.424 bits per heavy atom. The summed E-state index contributed by atoms with van der Waals surface area (Å²) in [6.45, 7) is 0.713. The molecule has 200 valence electrons. The van der Waals surface area contributed by atoms with E-state index in [0.29, 0.717) is 6.92 Å². The minimum atomic E-state index is -8.99. The van der Waals surface area contributed by atoms with Crippen LogP contribution in [0.1, 0.15) is 19.8 Å². The summed E-state index contributed by atoms with van der Waals surface area (Å²) in [4.78, 5) is 0. The Kier molecular flexibility index (Phi) is 7.74. The van der Waals surface area contributed by atoms with Gasteiger partial charge < -0.3 is 0 Å². The number of hydrogen-bond donors (Lipinski definition) is 0. The van der Waals surface area contributed by atoms with Crippen LogP contribution in [0.3, 0.4) is 0 Å². The summed E-state index contributed by atoms with van der Waals surface area (Å²) < 4.78 is 260. The molecule has 0 saturated carbocycles. The van der Waals surface area contributed by atoms with Gasteiger partial charge in [0.25, 0.3) is 0 Å². The molecular weight excluding hydrogens is 536 g/mol. The number of halogens is 20. The lowest BCUT2D eigenvalue weighted by Gasteiger charge is -2.44.